The highest BCUT2D eigenvalue weighted by Crippen LogP contribution is 2.21. The van der Waals surface area contributed by atoms with Gasteiger partial charge in [-0.2, -0.15) is 25.3 Å². The number of nitrogens with two attached hydrogens (primary N) is 3. The van der Waals surface area contributed by atoms with Gasteiger partial charge >= 0.3 is 11.9 Å². The molecular formula is C64H89N15O19S2. The van der Waals surface area contributed by atoms with E-state index in [1.807, 2.05) is 0 Å². The second-order valence-corrected chi connectivity index (χ2v) is 24.4. The topological polar surface area (TPSA) is 566 Å². The van der Waals surface area contributed by atoms with Gasteiger partial charge in [-0.25, -0.2) is 4.79 Å². The molecule has 4 aromatic rings. The number of carbonyl (C=O) groups excluding carboxylic acids is 12. The predicted octanol–water partition coefficient (Wildman–Crippen LogP) is -4.96. The Hall–Kier alpha value is -9.88. The molecule has 1 heterocycles. The van der Waals surface area contributed by atoms with E-state index in [2.05, 4.69) is 88.7 Å². The van der Waals surface area contributed by atoms with Crippen molar-refractivity contribution in [2.45, 2.75) is 151 Å². The van der Waals surface area contributed by atoms with Crippen LogP contribution in [0.4, 0.5) is 0 Å². The second kappa shape index (κ2) is 41.5. The van der Waals surface area contributed by atoms with Crippen LogP contribution in [0.2, 0.25) is 0 Å². The zero-order valence-electron chi connectivity index (χ0n) is 55.1. The molecule has 12 amide bonds. The molecule has 1 aromatic heterocycles. The van der Waals surface area contributed by atoms with E-state index in [1.165, 1.54) is 24.3 Å². The summed E-state index contributed by atoms with van der Waals surface area (Å²) in [5.41, 5.74) is 18.5. The van der Waals surface area contributed by atoms with Crippen LogP contribution in [0.1, 0.15) is 76.0 Å². The number of aliphatic hydroxyl groups is 2. The third-order valence-electron chi connectivity index (χ3n) is 15.5. The van der Waals surface area contributed by atoms with E-state index in [0.717, 1.165) is 6.92 Å². The predicted molar refractivity (Wildman–Crippen MR) is 367 cm³/mol. The second-order valence-electron chi connectivity index (χ2n) is 23.7. The van der Waals surface area contributed by atoms with Crippen LogP contribution in [-0.4, -0.2) is 217 Å². The van der Waals surface area contributed by atoms with E-state index in [1.54, 1.807) is 74.6 Å². The number of amides is 12. The minimum Gasteiger partial charge on any atom is -0.508 e. The lowest BCUT2D eigenvalue weighted by Crippen LogP contribution is -2.62. The Kier molecular flexibility index (Phi) is 34.3. The normalized spacial score (nSPS) is 14.7. The number of nitrogens with one attached hydrogen (secondary N) is 12. The summed E-state index contributed by atoms with van der Waals surface area (Å²) in [6.07, 6.45) is -2.86. The Bertz CT molecular complexity index is 3490. The number of aromatic hydroxyl groups is 1. The number of benzene rings is 3. The van der Waals surface area contributed by atoms with Gasteiger partial charge in [0.2, 0.25) is 70.9 Å². The summed E-state index contributed by atoms with van der Waals surface area (Å²) < 4.78 is 0. The number of para-hydroxylation sites is 1. The number of rotatable bonds is 43. The number of carboxylic acids is 2. The summed E-state index contributed by atoms with van der Waals surface area (Å²) in [4.78, 5) is 192. The largest absolute Gasteiger partial charge is 0.508 e. The lowest BCUT2D eigenvalue weighted by Gasteiger charge is -2.28. The maximum absolute atomic E-state index is 15.1. The van der Waals surface area contributed by atoms with E-state index < -0.39 is 199 Å². The summed E-state index contributed by atoms with van der Waals surface area (Å²) in [7, 11) is 0. The Labute approximate surface area is 585 Å². The molecule has 0 aliphatic heterocycles. The Morgan fingerprint density at radius 1 is 0.490 bits per heavy atom. The zero-order chi connectivity index (χ0) is 74.3. The zero-order valence-corrected chi connectivity index (χ0v) is 56.9. The van der Waals surface area contributed by atoms with Crippen LogP contribution in [0.25, 0.3) is 10.9 Å². The lowest BCUT2D eigenvalue weighted by molar-refractivity contribution is -0.143. The van der Waals surface area contributed by atoms with Gasteiger partial charge in [-0.1, -0.05) is 74.5 Å². The molecule has 12 atom stereocenters. The number of aliphatic hydroxyl groups excluding tert-OH is 2. The summed E-state index contributed by atoms with van der Waals surface area (Å²) in [6.45, 7) is 2.73. The molecule has 0 aliphatic carbocycles. The number of H-pyrrole nitrogens is 1. The van der Waals surface area contributed by atoms with Gasteiger partial charge in [-0.05, 0) is 80.0 Å². The number of carbonyl (C=O) groups is 14. The molecule has 0 bridgehead atoms. The van der Waals surface area contributed by atoms with Crippen molar-refractivity contribution in [1.29, 1.82) is 0 Å². The van der Waals surface area contributed by atoms with Gasteiger partial charge in [0.05, 0.1) is 25.7 Å². The van der Waals surface area contributed by atoms with Crippen molar-refractivity contribution in [1.82, 2.24) is 63.5 Å². The smallest absolute Gasteiger partial charge is 0.326 e. The fourth-order valence-corrected chi connectivity index (χ4v) is 10.5. The van der Waals surface area contributed by atoms with Crippen molar-refractivity contribution in [3.8, 4) is 5.75 Å². The van der Waals surface area contributed by atoms with E-state index in [9.17, 15) is 83.1 Å². The molecule has 3 aromatic carbocycles. The number of unbranched alkanes of at least 4 members (excludes halogenated alkanes) is 1. The molecule has 0 fully saturated rings. The number of carboxylic acid groups (broad SMARTS) is 2. The number of aliphatic carboxylic acids is 2. The number of hydrogen-bond donors (Lipinski definition) is 22. The first-order chi connectivity index (χ1) is 47.4. The first kappa shape index (κ1) is 82.5. The molecule has 546 valence electrons. The minimum absolute atomic E-state index is 0.0846. The van der Waals surface area contributed by atoms with Crippen molar-refractivity contribution < 1.29 is 92.7 Å². The van der Waals surface area contributed by atoms with E-state index >= 15 is 9.59 Å². The quantitative estimate of drug-likeness (QED) is 0.0146. The minimum atomic E-state index is -2.02. The Morgan fingerprint density at radius 3 is 1.43 bits per heavy atom. The monoisotopic (exact) mass is 1440 g/mol. The third kappa shape index (κ3) is 26.8. The summed E-state index contributed by atoms with van der Waals surface area (Å²) in [5.74, 6) is -17.1. The number of primary amides is 1. The maximum atomic E-state index is 15.1. The van der Waals surface area contributed by atoms with Crippen molar-refractivity contribution in [2.24, 2.45) is 23.1 Å². The lowest BCUT2D eigenvalue weighted by atomic mass is 10.0. The molecule has 100 heavy (non-hydrogen) atoms. The van der Waals surface area contributed by atoms with Gasteiger partial charge in [-0.3, -0.25) is 62.3 Å². The van der Waals surface area contributed by atoms with Gasteiger partial charge in [0.1, 0.15) is 72.2 Å². The fourth-order valence-electron chi connectivity index (χ4n) is 10.0. The van der Waals surface area contributed by atoms with E-state index in [4.69, 9.17) is 17.2 Å². The van der Waals surface area contributed by atoms with Crippen molar-refractivity contribution in [3.05, 3.63) is 102 Å². The summed E-state index contributed by atoms with van der Waals surface area (Å²) in [6, 6.07) is 2.81. The van der Waals surface area contributed by atoms with Crippen molar-refractivity contribution >= 4 is 119 Å². The number of thiol groups is 2. The molecule has 0 saturated carbocycles. The summed E-state index contributed by atoms with van der Waals surface area (Å²) >= 11 is 8.50. The van der Waals surface area contributed by atoms with E-state index in [0.29, 0.717) is 34.0 Å². The number of aromatic nitrogens is 1. The Balaban J connectivity index is 1.68. The molecule has 4 rings (SSSR count). The molecule has 0 radical (unpaired) electrons. The molecule has 0 spiro atoms. The molecule has 0 aliphatic rings. The molecule has 0 saturated heterocycles. The Morgan fingerprint density at radius 2 is 0.930 bits per heavy atom. The highest BCUT2D eigenvalue weighted by molar-refractivity contribution is 7.80. The highest BCUT2D eigenvalue weighted by Gasteiger charge is 2.38. The number of phenolic OH excluding ortho intramolecular Hbond substituents is 1. The average Bonchev–Trinajstić information content (AvgIpc) is 1.61. The SMILES string of the molecule is CC(C)[C@H](NC(=O)[C@H](CS)NC(=O)[C@H](Cc1ccc(O)cc1)NC(=O)[C@H](CCCCN)NC(=O)[C@H](Cc1c[nH]c2ccccc12)NC(=O)[C@H](Cc1ccccc1)NC(=O)[C@H](CS)NC(=O)[C@H](CCC(=O)O)NC(=O)[C@@H](NC(=O)[C@H](CC(N)=O)NC(=O)[C@H](CO)NC(=O)CN)[C@@H](C)O)C(=O)O. The molecule has 0 unspecified atom stereocenters. The summed E-state index contributed by atoms with van der Waals surface area (Å²) in [5, 5.41) is 77.1. The first-order valence-electron chi connectivity index (χ1n) is 31.8. The maximum Gasteiger partial charge on any atom is 0.326 e. The van der Waals surface area contributed by atoms with Crippen LogP contribution >= 0.6 is 25.3 Å². The van der Waals surface area contributed by atoms with E-state index in [-0.39, 0.29) is 50.2 Å². The number of fused-ring (bicyclic) bond motifs is 1. The standard InChI is InChI=1S/C64H89N15O19S2/c1-32(2)52(64(97)98)78-62(95)48(31-100)77-57(90)43(24-35-16-18-37(82)19-17-35)72-54(87)40(15-9-10-22-65)70-58(91)44(25-36-28-68-39-14-8-7-13-38(36)39)74-56(89)42(23-34-11-5-4-6-12-34)73-61(94)47(30-99)76-55(88)41(20-21-51(85)86)71-63(96)53(33(3)81)79-59(92)45(26-49(67)83)75-60(93)46(29-80)69-50(84)27-66/h4-8,11-14,16-19,28,32-33,40-48,52-53,68,80-82,99-100H,9-10,15,20-27,29-31,65-66H2,1-3H3,(H2,67,83)(H,69,84)(H,70,91)(H,71,96)(H,72,87)(H,73,94)(H,74,89)(H,75,93)(H,76,88)(H,77,90)(H,78,95)(H,79,92)(H,85,86)(H,97,98)/t33-,40+,41+,42+,43+,44+,45+,46+,47+,48+,52+,53+/m1/s1. The van der Waals surface area contributed by atoms with Crippen LogP contribution in [0.3, 0.4) is 0 Å². The third-order valence-corrected chi connectivity index (χ3v) is 16.2. The van der Waals surface area contributed by atoms with Gasteiger partial charge in [0, 0.05) is 54.3 Å². The number of aromatic amines is 1. The van der Waals surface area contributed by atoms with Crippen LogP contribution < -0.4 is 75.7 Å². The van der Waals surface area contributed by atoms with Gasteiger partial charge in [0.15, 0.2) is 0 Å². The van der Waals surface area contributed by atoms with Crippen molar-refractivity contribution in [2.75, 3.05) is 31.2 Å². The first-order valence-corrected chi connectivity index (χ1v) is 33.0. The van der Waals surface area contributed by atoms with Crippen LogP contribution in [0.5, 0.6) is 5.75 Å². The average molecular weight is 1440 g/mol. The molecule has 34 nitrogen and oxygen atoms in total. The highest BCUT2D eigenvalue weighted by atomic mass is 32.1. The van der Waals surface area contributed by atoms with Crippen LogP contribution in [0, 0.1) is 5.92 Å². The van der Waals surface area contributed by atoms with Crippen LogP contribution in [0.15, 0.2) is 85.1 Å². The van der Waals surface area contributed by atoms with Crippen LogP contribution in [-0.2, 0) is 86.4 Å². The van der Waals surface area contributed by atoms with Gasteiger partial charge in [0.25, 0.3) is 0 Å². The fraction of sp³-hybridized carbons (Fsp3) is 0.469. The van der Waals surface area contributed by atoms with Gasteiger partial charge in [-0.15, -0.1) is 0 Å². The molecule has 36 heteroatoms. The number of hydrogen-bond acceptors (Lipinski definition) is 21. The molecule has 23 N–H and O–H groups in total. The van der Waals surface area contributed by atoms with Gasteiger partial charge < -0.3 is 106 Å². The van der Waals surface area contributed by atoms with Crippen molar-refractivity contribution in [3.63, 3.8) is 0 Å². The number of phenols is 1. The molecular weight excluding hydrogens is 1350 g/mol.